The molecule has 0 bridgehead atoms. The van der Waals surface area contributed by atoms with Crippen molar-refractivity contribution in [3.8, 4) is 11.5 Å². The largest absolute Gasteiger partial charge is 0.493 e. The summed E-state index contributed by atoms with van der Waals surface area (Å²) in [4.78, 5) is 23.7. The number of carboxylic acids is 1. The molecular weight excluding hydrogens is 543 g/mol. The molecule has 1 fully saturated rings. The first-order chi connectivity index (χ1) is 14.3. The minimum Gasteiger partial charge on any atom is -0.493 e. The third-order valence-corrected chi connectivity index (χ3v) is 6.16. The fourth-order valence-electron chi connectivity index (χ4n) is 2.74. The SMILES string of the molecule is COc1cc(/C=C2\SC(Nc3ccc(Cl)cc3C)NC2=O)cc(I)c1OCC(=O)O. The summed E-state index contributed by atoms with van der Waals surface area (Å²) < 4.78 is 11.3. The van der Waals surface area contributed by atoms with E-state index in [1.165, 1.54) is 18.9 Å². The Morgan fingerprint density at radius 3 is 2.83 bits per heavy atom. The molecule has 1 amide bonds. The molecule has 30 heavy (non-hydrogen) atoms. The molecule has 1 heterocycles. The van der Waals surface area contributed by atoms with Crippen LogP contribution in [-0.4, -0.2) is 36.2 Å². The second kappa shape index (κ2) is 9.80. The molecule has 10 heteroatoms. The lowest BCUT2D eigenvalue weighted by Crippen LogP contribution is -2.31. The van der Waals surface area contributed by atoms with Crippen molar-refractivity contribution in [2.75, 3.05) is 19.0 Å². The molecule has 0 spiro atoms. The van der Waals surface area contributed by atoms with Crippen LogP contribution < -0.4 is 20.1 Å². The number of carbonyl (C=O) groups is 2. The van der Waals surface area contributed by atoms with Crippen LogP contribution in [0.1, 0.15) is 11.1 Å². The molecule has 2 aromatic rings. The highest BCUT2D eigenvalue weighted by Crippen LogP contribution is 2.37. The second-order valence-electron chi connectivity index (χ2n) is 6.30. The highest BCUT2D eigenvalue weighted by atomic mass is 127. The van der Waals surface area contributed by atoms with E-state index < -0.39 is 12.6 Å². The second-order valence-corrected chi connectivity index (χ2v) is 9.05. The molecule has 0 aliphatic carbocycles. The zero-order chi connectivity index (χ0) is 21.8. The Bertz CT molecular complexity index is 1030. The van der Waals surface area contributed by atoms with Gasteiger partial charge in [0, 0.05) is 10.7 Å². The molecular formula is C20H18ClIN2O5S. The number of amides is 1. The molecule has 0 aromatic heterocycles. The number of halogens is 2. The lowest BCUT2D eigenvalue weighted by molar-refractivity contribution is -0.139. The Labute approximate surface area is 196 Å². The number of carboxylic acid groups (broad SMARTS) is 1. The molecule has 1 aliphatic rings. The Morgan fingerprint density at radius 2 is 2.17 bits per heavy atom. The molecule has 1 saturated heterocycles. The summed E-state index contributed by atoms with van der Waals surface area (Å²) >= 11 is 9.40. The van der Waals surface area contributed by atoms with Gasteiger partial charge in [0.05, 0.1) is 15.6 Å². The van der Waals surface area contributed by atoms with Crippen LogP contribution in [0, 0.1) is 10.5 Å². The smallest absolute Gasteiger partial charge is 0.341 e. The molecule has 1 unspecified atom stereocenters. The number of hydrogen-bond acceptors (Lipinski definition) is 6. The maximum atomic E-state index is 12.4. The minimum absolute atomic E-state index is 0.190. The molecule has 0 saturated carbocycles. The van der Waals surface area contributed by atoms with E-state index in [0.29, 0.717) is 25.0 Å². The van der Waals surface area contributed by atoms with Gasteiger partial charge in [0.2, 0.25) is 0 Å². The number of benzene rings is 2. The van der Waals surface area contributed by atoms with Gasteiger partial charge >= 0.3 is 5.97 Å². The minimum atomic E-state index is -1.08. The summed E-state index contributed by atoms with van der Waals surface area (Å²) in [6.07, 6.45) is 1.75. The molecule has 158 valence electrons. The van der Waals surface area contributed by atoms with Crippen molar-refractivity contribution in [2.24, 2.45) is 0 Å². The number of anilines is 1. The quantitative estimate of drug-likeness (QED) is 0.343. The van der Waals surface area contributed by atoms with Gasteiger partial charge in [-0.25, -0.2) is 4.79 Å². The first kappa shape index (κ1) is 22.6. The highest BCUT2D eigenvalue weighted by Gasteiger charge is 2.27. The fourth-order valence-corrected chi connectivity index (χ4v) is 4.73. The van der Waals surface area contributed by atoms with Gasteiger partial charge in [-0.3, -0.25) is 4.79 Å². The van der Waals surface area contributed by atoms with Crippen LogP contribution in [0.4, 0.5) is 5.69 Å². The van der Waals surface area contributed by atoms with Gasteiger partial charge in [0.25, 0.3) is 5.91 Å². The third kappa shape index (κ3) is 5.52. The summed E-state index contributed by atoms with van der Waals surface area (Å²) in [5, 5.41) is 15.7. The molecule has 1 atom stereocenters. The van der Waals surface area contributed by atoms with Gasteiger partial charge in [-0.05, 0) is 77.0 Å². The predicted molar refractivity (Wildman–Crippen MR) is 126 cm³/mol. The van der Waals surface area contributed by atoms with Crippen molar-refractivity contribution in [3.05, 3.63) is 55.0 Å². The number of rotatable bonds is 7. The number of nitrogens with one attached hydrogen (secondary N) is 2. The van der Waals surface area contributed by atoms with E-state index in [0.717, 1.165) is 16.8 Å². The number of thioether (sulfide) groups is 1. The van der Waals surface area contributed by atoms with E-state index >= 15 is 0 Å². The van der Waals surface area contributed by atoms with Crippen molar-refractivity contribution in [1.82, 2.24) is 5.32 Å². The summed E-state index contributed by atoms with van der Waals surface area (Å²) in [7, 11) is 1.47. The number of hydrogen-bond donors (Lipinski definition) is 3. The topological polar surface area (TPSA) is 96.9 Å². The summed E-state index contributed by atoms with van der Waals surface area (Å²) in [5.41, 5.74) is 2.28. The van der Waals surface area contributed by atoms with E-state index in [1.54, 1.807) is 24.3 Å². The Kier molecular flexibility index (Phi) is 7.37. The van der Waals surface area contributed by atoms with Crippen LogP contribution in [-0.2, 0) is 9.59 Å². The van der Waals surface area contributed by atoms with Crippen molar-refractivity contribution >= 4 is 69.6 Å². The maximum absolute atomic E-state index is 12.4. The van der Waals surface area contributed by atoms with Crippen LogP contribution in [0.5, 0.6) is 11.5 Å². The number of aliphatic carboxylic acids is 1. The Hall–Kier alpha value is -2.11. The number of ether oxygens (including phenoxy) is 2. The average Bonchev–Trinajstić information content (AvgIpc) is 3.01. The summed E-state index contributed by atoms with van der Waals surface area (Å²) in [6.45, 7) is 1.47. The maximum Gasteiger partial charge on any atom is 0.341 e. The number of methoxy groups -OCH3 is 1. The third-order valence-electron chi connectivity index (χ3n) is 4.10. The van der Waals surface area contributed by atoms with Gasteiger partial charge in [0.1, 0.15) is 0 Å². The zero-order valence-corrected chi connectivity index (χ0v) is 19.7. The first-order valence-corrected chi connectivity index (χ1v) is 11.0. The molecule has 0 radical (unpaired) electrons. The van der Waals surface area contributed by atoms with E-state index in [-0.39, 0.29) is 11.4 Å². The van der Waals surface area contributed by atoms with Gasteiger partial charge in [-0.1, -0.05) is 23.4 Å². The van der Waals surface area contributed by atoms with E-state index in [1.807, 2.05) is 41.6 Å². The van der Waals surface area contributed by atoms with Gasteiger partial charge in [-0.15, -0.1) is 0 Å². The van der Waals surface area contributed by atoms with Crippen molar-refractivity contribution < 1.29 is 24.2 Å². The lowest BCUT2D eigenvalue weighted by atomic mass is 10.2. The van der Waals surface area contributed by atoms with Crippen LogP contribution in [0.3, 0.4) is 0 Å². The van der Waals surface area contributed by atoms with Crippen molar-refractivity contribution in [3.63, 3.8) is 0 Å². The van der Waals surface area contributed by atoms with Crippen molar-refractivity contribution in [1.29, 1.82) is 0 Å². The van der Waals surface area contributed by atoms with Crippen LogP contribution in [0.2, 0.25) is 5.02 Å². The molecule has 1 aliphatic heterocycles. The average molecular weight is 561 g/mol. The van der Waals surface area contributed by atoms with Gasteiger partial charge in [0.15, 0.2) is 23.6 Å². The zero-order valence-electron chi connectivity index (χ0n) is 16.0. The van der Waals surface area contributed by atoms with Crippen LogP contribution in [0.25, 0.3) is 6.08 Å². The normalized spacial score (nSPS) is 17.0. The molecule has 3 N–H and O–H groups in total. The lowest BCUT2D eigenvalue weighted by Gasteiger charge is -2.15. The van der Waals surface area contributed by atoms with Gasteiger partial charge in [-0.2, -0.15) is 0 Å². The molecule has 3 rings (SSSR count). The Balaban J connectivity index is 1.78. The first-order valence-electron chi connectivity index (χ1n) is 8.71. The van der Waals surface area contributed by atoms with Gasteiger partial charge < -0.3 is 25.2 Å². The van der Waals surface area contributed by atoms with E-state index in [2.05, 4.69) is 10.6 Å². The van der Waals surface area contributed by atoms with Crippen molar-refractivity contribution in [2.45, 2.75) is 12.4 Å². The number of carbonyl (C=O) groups excluding carboxylic acids is 1. The standard InChI is InChI=1S/C20H18ClIN2O5S/c1-10-5-12(21)3-4-14(10)23-20-24-19(27)16(30-20)8-11-6-13(22)18(15(7-11)28-2)29-9-17(25)26/h3-8,20,23H,9H2,1-2H3,(H,24,27)(H,25,26)/b16-8-. The monoisotopic (exact) mass is 560 g/mol. The highest BCUT2D eigenvalue weighted by molar-refractivity contribution is 14.1. The summed E-state index contributed by atoms with van der Waals surface area (Å²) in [5.74, 6) is -0.523. The molecule has 7 nitrogen and oxygen atoms in total. The van der Waals surface area contributed by atoms with Crippen LogP contribution >= 0.6 is 46.0 Å². The van der Waals surface area contributed by atoms with E-state index in [4.69, 9.17) is 26.2 Å². The Morgan fingerprint density at radius 1 is 1.40 bits per heavy atom. The predicted octanol–water partition coefficient (Wildman–Crippen LogP) is 4.32. The van der Waals surface area contributed by atoms with E-state index in [9.17, 15) is 9.59 Å². The fraction of sp³-hybridized carbons (Fsp3) is 0.200. The summed E-state index contributed by atoms with van der Waals surface area (Å²) in [6, 6.07) is 9.01. The number of aryl methyl sites for hydroxylation is 1. The molecule has 2 aromatic carbocycles. The van der Waals surface area contributed by atoms with Crippen LogP contribution in [0.15, 0.2) is 35.2 Å².